The first-order valence-electron chi connectivity index (χ1n) is 5.63. The second-order valence-electron chi connectivity index (χ2n) is 4.26. The monoisotopic (exact) mass is 244 g/mol. The average molecular weight is 244 g/mol. The van der Waals surface area contributed by atoms with Crippen molar-refractivity contribution in [1.82, 2.24) is 0 Å². The minimum atomic E-state index is -0.931. The van der Waals surface area contributed by atoms with Crippen LogP contribution in [0, 0.1) is 12.7 Å². The molecule has 0 fully saturated rings. The minimum absolute atomic E-state index is 0.208. The van der Waals surface area contributed by atoms with Crippen LogP contribution in [0.5, 0.6) is 0 Å². The highest BCUT2D eigenvalue weighted by Crippen LogP contribution is 2.14. The van der Waals surface area contributed by atoms with Gasteiger partial charge in [0.25, 0.3) is 0 Å². The van der Waals surface area contributed by atoms with Gasteiger partial charge >= 0.3 is 5.97 Å². The summed E-state index contributed by atoms with van der Waals surface area (Å²) < 4.78 is 13.1. The number of carboxylic acid groups (broad SMARTS) is 1. The summed E-state index contributed by atoms with van der Waals surface area (Å²) in [6.45, 7) is 1.73. The molecule has 0 heterocycles. The van der Waals surface area contributed by atoms with Gasteiger partial charge < -0.3 is 5.11 Å². The Kier molecular flexibility index (Phi) is 3.42. The topological polar surface area (TPSA) is 37.3 Å². The van der Waals surface area contributed by atoms with Gasteiger partial charge in [-0.2, -0.15) is 0 Å². The molecule has 3 heteroatoms. The number of carbonyl (C=O) groups is 1. The van der Waals surface area contributed by atoms with Gasteiger partial charge in [0.2, 0.25) is 0 Å². The zero-order valence-corrected chi connectivity index (χ0v) is 9.98. The van der Waals surface area contributed by atoms with Gasteiger partial charge in [0.15, 0.2) is 0 Å². The van der Waals surface area contributed by atoms with Crippen LogP contribution in [0.25, 0.3) is 0 Å². The molecule has 0 radical (unpaired) electrons. The summed E-state index contributed by atoms with van der Waals surface area (Å²) in [7, 11) is 0. The Hall–Kier alpha value is -2.16. The van der Waals surface area contributed by atoms with Crippen LogP contribution in [-0.4, -0.2) is 11.1 Å². The standard InChI is InChI=1S/C15H13FO2/c1-10-8-12(4-7-14(10)16)9-11-2-5-13(6-3-11)15(17)18/h2-8H,9H2,1H3,(H,17,18). The van der Waals surface area contributed by atoms with E-state index in [1.807, 2.05) is 0 Å². The van der Waals surface area contributed by atoms with E-state index in [0.29, 0.717) is 12.0 Å². The number of rotatable bonds is 3. The van der Waals surface area contributed by atoms with Gasteiger partial charge in [0, 0.05) is 0 Å². The van der Waals surface area contributed by atoms with Crippen LogP contribution in [0.4, 0.5) is 4.39 Å². The zero-order valence-electron chi connectivity index (χ0n) is 9.98. The quantitative estimate of drug-likeness (QED) is 0.898. The van der Waals surface area contributed by atoms with Crippen LogP contribution in [0.3, 0.4) is 0 Å². The molecule has 0 amide bonds. The molecule has 0 unspecified atom stereocenters. The fourth-order valence-corrected chi connectivity index (χ4v) is 1.82. The summed E-state index contributed by atoms with van der Waals surface area (Å²) in [6, 6.07) is 11.7. The molecule has 0 spiro atoms. The van der Waals surface area contributed by atoms with Gasteiger partial charge in [-0.05, 0) is 48.2 Å². The van der Waals surface area contributed by atoms with Crippen LogP contribution in [0.15, 0.2) is 42.5 Å². The maximum Gasteiger partial charge on any atom is 0.335 e. The second kappa shape index (κ2) is 5.00. The Bertz CT molecular complexity index is 574. The van der Waals surface area contributed by atoms with Crippen molar-refractivity contribution in [2.45, 2.75) is 13.3 Å². The van der Waals surface area contributed by atoms with E-state index in [4.69, 9.17) is 5.11 Å². The maximum atomic E-state index is 13.1. The third kappa shape index (κ3) is 2.74. The largest absolute Gasteiger partial charge is 0.478 e. The average Bonchev–Trinajstić information content (AvgIpc) is 2.34. The molecule has 1 N–H and O–H groups in total. The van der Waals surface area contributed by atoms with Gasteiger partial charge in [-0.25, -0.2) is 9.18 Å². The van der Waals surface area contributed by atoms with Crippen LogP contribution in [0.1, 0.15) is 27.0 Å². The summed E-state index contributed by atoms with van der Waals surface area (Å²) in [4.78, 5) is 10.7. The minimum Gasteiger partial charge on any atom is -0.478 e. The Labute approximate surface area is 105 Å². The van der Waals surface area contributed by atoms with E-state index in [1.54, 1.807) is 43.3 Å². The number of halogens is 1. The molecule has 0 aliphatic heterocycles. The Morgan fingerprint density at radius 2 is 1.72 bits per heavy atom. The lowest BCUT2D eigenvalue weighted by molar-refractivity contribution is 0.0697. The van der Waals surface area contributed by atoms with E-state index in [2.05, 4.69) is 0 Å². The number of hydrogen-bond acceptors (Lipinski definition) is 1. The van der Waals surface area contributed by atoms with Crippen molar-refractivity contribution >= 4 is 5.97 Å². The molecule has 0 aliphatic rings. The first kappa shape index (κ1) is 12.3. The van der Waals surface area contributed by atoms with Crippen molar-refractivity contribution in [3.63, 3.8) is 0 Å². The van der Waals surface area contributed by atoms with Gasteiger partial charge in [0.05, 0.1) is 5.56 Å². The van der Waals surface area contributed by atoms with Crippen LogP contribution < -0.4 is 0 Å². The molecule has 0 aromatic heterocycles. The SMILES string of the molecule is Cc1cc(Cc2ccc(C(=O)O)cc2)ccc1F. The Morgan fingerprint density at radius 3 is 2.28 bits per heavy atom. The molecular formula is C15H13FO2. The summed E-state index contributed by atoms with van der Waals surface area (Å²) >= 11 is 0. The lowest BCUT2D eigenvalue weighted by Crippen LogP contribution is -1.96. The first-order valence-corrected chi connectivity index (χ1v) is 5.63. The Balaban J connectivity index is 2.18. The smallest absolute Gasteiger partial charge is 0.335 e. The molecule has 2 rings (SSSR count). The van der Waals surface area contributed by atoms with Crippen molar-refractivity contribution in [1.29, 1.82) is 0 Å². The van der Waals surface area contributed by atoms with E-state index in [-0.39, 0.29) is 11.4 Å². The van der Waals surface area contributed by atoms with E-state index in [1.165, 1.54) is 6.07 Å². The molecule has 0 saturated heterocycles. The molecule has 2 aromatic rings. The third-order valence-electron chi connectivity index (χ3n) is 2.83. The molecule has 18 heavy (non-hydrogen) atoms. The predicted molar refractivity (Wildman–Crippen MR) is 67.3 cm³/mol. The summed E-state index contributed by atoms with van der Waals surface area (Å²) in [5, 5.41) is 8.79. The van der Waals surface area contributed by atoms with Crippen LogP contribution in [-0.2, 0) is 6.42 Å². The first-order chi connectivity index (χ1) is 8.56. The lowest BCUT2D eigenvalue weighted by Gasteiger charge is -2.04. The summed E-state index contributed by atoms with van der Waals surface area (Å²) in [5.41, 5.74) is 2.91. The number of hydrogen-bond donors (Lipinski definition) is 1. The number of benzene rings is 2. The predicted octanol–water partition coefficient (Wildman–Crippen LogP) is 3.42. The van der Waals surface area contributed by atoms with E-state index < -0.39 is 5.97 Å². The van der Waals surface area contributed by atoms with E-state index in [0.717, 1.165) is 11.1 Å². The van der Waals surface area contributed by atoms with Gasteiger partial charge in [-0.3, -0.25) is 0 Å². The number of aryl methyl sites for hydroxylation is 1. The fraction of sp³-hybridized carbons (Fsp3) is 0.133. The Morgan fingerprint density at radius 1 is 1.11 bits per heavy atom. The highest BCUT2D eigenvalue weighted by Gasteiger charge is 2.03. The molecule has 92 valence electrons. The second-order valence-corrected chi connectivity index (χ2v) is 4.26. The molecule has 0 atom stereocenters. The van der Waals surface area contributed by atoms with Crippen molar-refractivity contribution in [3.8, 4) is 0 Å². The van der Waals surface area contributed by atoms with E-state index >= 15 is 0 Å². The molecule has 2 aromatic carbocycles. The molecule has 0 bridgehead atoms. The zero-order chi connectivity index (χ0) is 13.1. The van der Waals surface area contributed by atoms with Crippen molar-refractivity contribution in [2.75, 3.05) is 0 Å². The van der Waals surface area contributed by atoms with Crippen molar-refractivity contribution < 1.29 is 14.3 Å². The van der Waals surface area contributed by atoms with Crippen molar-refractivity contribution in [2.24, 2.45) is 0 Å². The lowest BCUT2D eigenvalue weighted by atomic mass is 10.0. The fourth-order valence-electron chi connectivity index (χ4n) is 1.82. The molecule has 0 saturated carbocycles. The highest BCUT2D eigenvalue weighted by atomic mass is 19.1. The molecule has 2 nitrogen and oxygen atoms in total. The summed E-state index contributed by atoms with van der Waals surface area (Å²) in [5.74, 6) is -1.14. The van der Waals surface area contributed by atoms with Crippen LogP contribution >= 0.6 is 0 Å². The number of carboxylic acids is 1. The molecular weight excluding hydrogens is 231 g/mol. The number of aromatic carboxylic acids is 1. The highest BCUT2D eigenvalue weighted by molar-refractivity contribution is 5.87. The summed E-state index contributed by atoms with van der Waals surface area (Å²) in [6.07, 6.45) is 0.668. The normalized spacial score (nSPS) is 10.3. The van der Waals surface area contributed by atoms with Gasteiger partial charge in [0.1, 0.15) is 5.82 Å². The van der Waals surface area contributed by atoms with Crippen molar-refractivity contribution in [3.05, 3.63) is 70.5 Å². The third-order valence-corrected chi connectivity index (χ3v) is 2.83. The van der Waals surface area contributed by atoms with Gasteiger partial charge in [-0.15, -0.1) is 0 Å². The van der Waals surface area contributed by atoms with Gasteiger partial charge in [-0.1, -0.05) is 24.3 Å². The van der Waals surface area contributed by atoms with E-state index in [9.17, 15) is 9.18 Å². The van der Waals surface area contributed by atoms with Crippen LogP contribution in [0.2, 0.25) is 0 Å². The maximum absolute atomic E-state index is 13.1. The molecule has 0 aliphatic carbocycles.